The van der Waals surface area contributed by atoms with Gasteiger partial charge in [0.1, 0.15) is 11.6 Å². The second kappa shape index (κ2) is 7.20. The number of benzene rings is 2. The SMILES string of the molecule is CC(CO)n1c(=O)c(C(=O)O)c(O)c2cc(Cc3ccc(F)cc3)ccc21. The third-order valence-corrected chi connectivity index (χ3v) is 4.49. The number of carboxylic acids is 1. The van der Waals surface area contributed by atoms with Gasteiger partial charge in [-0.2, -0.15) is 0 Å². The van der Waals surface area contributed by atoms with E-state index in [1.54, 1.807) is 37.3 Å². The molecule has 3 rings (SSSR count). The first-order chi connectivity index (χ1) is 12.8. The van der Waals surface area contributed by atoms with Crippen LogP contribution < -0.4 is 5.56 Å². The summed E-state index contributed by atoms with van der Waals surface area (Å²) in [5.41, 5.74) is 0.308. The molecule has 3 N–H and O–H groups in total. The number of pyridine rings is 1. The average molecular weight is 371 g/mol. The molecular weight excluding hydrogens is 353 g/mol. The molecule has 0 spiro atoms. The maximum Gasteiger partial charge on any atom is 0.345 e. The topological polar surface area (TPSA) is 99.8 Å². The number of aromatic nitrogens is 1. The van der Waals surface area contributed by atoms with Crippen LogP contribution in [0.25, 0.3) is 10.9 Å². The number of fused-ring (bicyclic) bond motifs is 1. The zero-order valence-electron chi connectivity index (χ0n) is 14.5. The van der Waals surface area contributed by atoms with Crippen LogP contribution >= 0.6 is 0 Å². The molecule has 0 saturated carbocycles. The average Bonchev–Trinajstić information content (AvgIpc) is 2.63. The first-order valence-corrected chi connectivity index (χ1v) is 8.32. The van der Waals surface area contributed by atoms with Crippen molar-refractivity contribution in [3.8, 4) is 5.75 Å². The Morgan fingerprint density at radius 3 is 2.37 bits per heavy atom. The van der Waals surface area contributed by atoms with E-state index in [0.717, 1.165) is 11.1 Å². The maximum atomic E-state index is 13.1. The molecular formula is C20H18FNO5. The van der Waals surface area contributed by atoms with Gasteiger partial charge in [0.25, 0.3) is 5.56 Å². The lowest BCUT2D eigenvalue weighted by Crippen LogP contribution is -2.30. The first kappa shape index (κ1) is 18.6. The molecule has 140 valence electrons. The molecule has 27 heavy (non-hydrogen) atoms. The molecule has 0 aliphatic heterocycles. The number of nitrogens with zero attached hydrogens (tertiary/aromatic N) is 1. The summed E-state index contributed by atoms with van der Waals surface area (Å²) < 4.78 is 14.2. The van der Waals surface area contributed by atoms with Crippen LogP contribution in [0.15, 0.2) is 47.3 Å². The van der Waals surface area contributed by atoms with E-state index in [2.05, 4.69) is 0 Å². The van der Waals surface area contributed by atoms with Gasteiger partial charge in [0.15, 0.2) is 5.56 Å². The normalized spacial score (nSPS) is 12.3. The standard InChI is InChI=1S/C20H18FNO5/c1-11(10-23)22-16-7-4-13(8-12-2-5-14(21)6-3-12)9-15(16)18(24)17(19(22)25)20(26)27/h2-7,9,11,23-24H,8,10H2,1H3,(H,26,27). The number of carboxylic acid groups (broad SMARTS) is 1. The van der Waals surface area contributed by atoms with Crippen LogP contribution in [-0.2, 0) is 6.42 Å². The van der Waals surface area contributed by atoms with Gasteiger partial charge in [-0.05, 0) is 48.7 Å². The molecule has 0 amide bonds. The Bertz CT molecular complexity index is 1070. The number of aliphatic hydroxyl groups is 1. The minimum absolute atomic E-state index is 0.201. The number of rotatable bonds is 5. The van der Waals surface area contributed by atoms with E-state index in [0.29, 0.717) is 11.9 Å². The lowest BCUT2D eigenvalue weighted by Gasteiger charge is -2.18. The summed E-state index contributed by atoms with van der Waals surface area (Å²) in [6, 6.07) is 10.2. The molecule has 1 unspecified atom stereocenters. The Kier molecular flexibility index (Phi) is 4.96. The van der Waals surface area contributed by atoms with Gasteiger partial charge in [0.2, 0.25) is 0 Å². The molecule has 0 saturated heterocycles. The van der Waals surface area contributed by atoms with Crippen molar-refractivity contribution in [3.05, 3.63) is 75.3 Å². The van der Waals surface area contributed by atoms with Crippen molar-refractivity contribution >= 4 is 16.9 Å². The first-order valence-electron chi connectivity index (χ1n) is 8.32. The van der Waals surface area contributed by atoms with Gasteiger partial charge in [-0.1, -0.05) is 18.2 Å². The number of carbonyl (C=O) groups is 1. The summed E-state index contributed by atoms with van der Waals surface area (Å²) >= 11 is 0. The van der Waals surface area contributed by atoms with E-state index >= 15 is 0 Å². The van der Waals surface area contributed by atoms with Gasteiger partial charge in [-0.3, -0.25) is 4.79 Å². The fraction of sp³-hybridized carbons (Fsp3) is 0.200. The minimum Gasteiger partial charge on any atom is -0.506 e. The van der Waals surface area contributed by atoms with Crippen molar-refractivity contribution < 1.29 is 24.5 Å². The van der Waals surface area contributed by atoms with E-state index in [1.165, 1.54) is 16.7 Å². The van der Waals surface area contributed by atoms with E-state index in [4.69, 9.17) is 0 Å². The molecule has 0 aliphatic rings. The monoisotopic (exact) mass is 371 g/mol. The van der Waals surface area contributed by atoms with Gasteiger partial charge in [-0.15, -0.1) is 0 Å². The lowest BCUT2D eigenvalue weighted by molar-refractivity contribution is 0.0690. The Labute approximate surface area is 153 Å². The second-order valence-electron chi connectivity index (χ2n) is 6.39. The fourth-order valence-electron chi connectivity index (χ4n) is 3.11. The van der Waals surface area contributed by atoms with Crippen LogP contribution in [0.1, 0.15) is 34.5 Å². The highest BCUT2D eigenvalue weighted by Gasteiger charge is 2.23. The van der Waals surface area contributed by atoms with Gasteiger partial charge in [0, 0.05) is 5.39 Å². The summed E-state index contributed by atoms with van der Waals surface area (Å²) in [6.07, 6.45) is 0.437. The molecule has 0 aliphatic carbocycles. The number of aromatic hydroxyl groups is 1. The number of hydrogen-bond donors (Lipinski definition) is 3. The van der Waals surface area contributed by atoms with Crippen LogP contribution in [0.3, 0.4) is 0 Å². The lowest BCUT2D eigenvalue weighted by atomic mass is 10.0. The highest BCUT2D eigenvalue weighted by atomic mass is 19.1. The van der Waals surface area contributed by atoms with Gasteiger partial charge in [0.05, 0.1) is 18.2 Å². The van der Waals surface area contributed by atoms with Crippen molar-refractivity contribution in [3.63, 3.8) is 0 Å². The molecule has 3 aromatic rings. The van der Waals surface area contributed by atoms with Crippen molar-refractivity contribution in [2.45, 2.75) is 19.4 Å². The van der Waals surface area contributed by atoms with Crippen molar-refractivity contribution in [2.24, 2.45) is 0 Å². The highest BCUT2D eigenvalue weighted by molar-refractivity contribution is 5.98. The quantitative estimate of drug-likeness (QED) is 0.640. The predicted molar refractivity (Wildman–Crippen MR) is 97.8 cm³/mol. The molecule has 7 heteroatoms. The minimum atomic E-state index is -1.54. The summed E-state index contributed by atoms with van der Waals surface area (Å²) in [5, 5.41) is 29.4. The highest BCUT2D eigenvalue weighted by Crippen LogP contribution is 2.29. The maximum absolute atomic E-state index is 13.1. The van der Waals surface area contributed by atoms with Crippen LogP contribution in [0.2, 0.25) is 0 Å². The van der Waals surface area contributed by atoms with E-state index < -0.39 is 28.9 Å². The summed E-state index contributed by atoms with van der Waals surface area (Å²) in [4.78, 5) is 24.0. The second-order valence-corrected chi connectivity index (χ2v) is 6.39. The van der Waals surface area contributed by atoms with Crippen LogP contribution in [-0.4, -0.2) is 32.5 Å². The van der Waals surface area contributed by atoms with Crippen LogP contribution in [0.5, 0.6) is 5.75 Å². The molecule has 2 aromatic carbocycles. The molecule has 0 radical (unpaired) electrons. The largest absolute Gasteiger partial charge is 0.506 e. The van der Waals surface area contributed by atoms with E-state index in [-0.39, 0.29) is 17.8 Å². The zero-order chi connectivity index (χ0) is 19.7. The van der Waals surface area contributed by atoms with Gasteiger partial charge in [-0.25, -0.2) is 9.18 Å². The van der Waals surface area contributed by atoms with Crippen LogP contribution in [0, 0.1) is 5.82 Å². The predicted octanol–water partition coefficient (Wildman–Crippen LogP) is 2.69. The number of aromatic carboxylic acids is 1. The van der Waals surface area contributed by atoms with Gasteiger partial charge >= 0.3 is 5.97 Å². The zero-order valence-corrected chi connectivity index (χ0v) is 14.5. The fourth-order valence-corrected chi connectivity index (χ4v) is 3.11. The number of hydrogen-bond acceptors (Lipinski definition) is 4. The summed E-state index contributed by atoms with van der Waals surface area (Å²) in [6.45, 7) is 1.21. The number of halogens is 1. The van der Waals surface area contributed by atoms with Crippen molar-refractivity contribution in [1.29, 1.82) is 0 Å². The third-order valence-electron chi connectivity index (χ3n) is 4.49. The molecule has 0 bridgehead atoms. The van der Waals surface area contributed by atoms with Crippen molar-refractivity contribution in [1.82, 2.24) is 4.57 Å². The number of aliphatic hydroxyl groups excluding tert-OH is 1. The third kappa shape index (κ3) is 3.41. The Morgan fingerprint density at radius 2 is 1.78 bits per heavy atom. The summed E-state index contributed by atoms with van der Waals surface area (Å²) in [5.74, 6) is -2.49. The van der Waals surface area contributed by atoms with E-state index in [9.17, 15) is 29.3 Å². The Hall–Kier alpha value is -3.19. The van der Waals surface area contributed by atoms with Crippen LogP contribution in [0.4, 0.5) is 4.39 Å². The van der Waals surface area contributed by atoms with Gasteiger partial charge < -0.3 is 19.9 Å². The molecule has 6 nitrogen and oxygen atoms in total. The summed E-state index contributed by atoms with van der Waals surface area (Å²) in [7, 11) is 0. The molecule has 0 fully saturated rings. The molecule has 1 heterocycles. The molecule has 1 atom stereocenters. The Morgan fingerprint density at radius 1 is 1.15 bits per heavy atom. The Balaban J connectivity index is 2.21. The van der Waals surface area contributed by atoms with Crippen molar-refractivity contribution in [2.75, 3.05) is 6.61 Å². The van der Waals surface area contributed by atoms with E-state index in [1.807, 2.05) is 0 Å². The smallest absolute Gasteiger partial charge is 0.345 e. The molecule has 1 aromatic heterocycles.